The summed E-state index contributed by atoms with van der Waals surface area (Å²) in [5.41, 5.74) is 1.70. The Morgan fingerprint density at radius 1 is 1.12 bits per heavy atom. The van der Waals surface area contributed by atoms with Crippen molar-refractivity contribution in [2.24, 2.45) is 4.40 Å². The summed E-state index contributed by atoms with van der Waals surface area (Å²) >= 11 is 2.14. The van der Waals surface area contributed by atoms with Gasteiger partial charge in [-0.2, -0.15) is 0 Å². The highest BCUT2D eigenvalue weighted by molar-refractivity contribution is 9.10. The maximum absolute atomic E-state index is 12.5. The van der Waals surface area contributed by atoms with Gasteiger partial charge in [0, 0.05) is 10.0 Å². The van der Waals surface area contributed by atoms with E-state index in [0.29, 0.717) is 6.61 Å². The zero-order chi connectivity index (χ0) is 18.8. The van der Waals surface area contributed by atoms with Crippen LogP contribution in [0, 0.1) is 0 Å². The zero-order valence-corrected chi connectivity index (χ0v) is 19.5. The molecule has 0 fully saturated rings. The third kappa shape index (κ3) is 6.30. The van der Waals surface area contributed by atoms with E-state index in [1.54, 1.807) is 0 Å². The van der Waals surface area contributed by atoms with Crippen molar-refractivity contribution in [3.63, 3.8) is 0 Å². The molecule has 1 atom stereocenters. The molecule has 136 valence electrons. The predicted octanol–water partition coefficient (Wildman–Crippen LogP) is 5.72. The molecule has 0 N–H and O–H groups in total. The molecule has 1 aromatic carbocycles. The Bertz CT molecular complexity index is 574. The second-order valence-electron chi connectivity index (χ2n) is 8.46. The van der Waals surface area contributed by atoms with Crippen molar-refractivity contribution < 1.29 is 8.98 Å². The molecule has 0 heterocycles. The largest absolute Gasteiger partial charge is 0.591 e. The van der Waals surface area contributed by atoms with Gasteiger partial charge in [0.05, 0.1) is 6.61 Å². The molecule has 0 bridgehead atoms. The molecule has 0 radical (unpaired) electrons. The number of rotatable bonds is 5. The number of benzene rings is 1. The highest BCUT2D eigenvalue weighted by atomic mass is 79.9. The quantitative estimate of drug-likeness (QED) is 0.339. The average molecular weight is 433 g/mol. The van der Waals surface area contributed by atoms with Crippen molar-refractivity contribution in [1.29, 1.82) is 0 Å². The van der Waals surface area contributed by atoms with Crippen LogP contribution in [0.4, 0.5) is 0 Å². The molecule has 3 nitrogen and oxygen atoms in total. The zero-order valence-electron chi connectivity index (χ0n) is 16.1. The van der Waals surface area contributed by atoms with Crippen LogP contribution in [0.15, 0.2) is 33.1 Å². The van der Waals surface area contributed by atoms with Gasteiger partial charge >= 0.3 is 0 Å². The van der Waals surface area contributed by atoms with Crippen LogP contribution in [0.25, 0.3) is 0 Å². The first-order chi connectivity index (χ1) is 10.7. The van der Waals surface area contributed by atoms with Crippen LogP contribution < -0.4 is 0 Å². The maximum atomic E-state index is 12.5. The molecule has 0 aromatic heterocycles. The summed E-state index contributed by atoms with van der Waals surface area (Å²) in [6.07, 6.45) is 0. The number of halogens is 1. The fourth-order valence-corrected chi connectivity index (χ4v) is 3.33. The minimum atomic E-state index is -1.90. The number of hydrogen-bond acceptors (Lipinski definition) is 3. The standard InChI is InChI=1S/C18H30BrNO2SSi/c1-17(2,3)23(21)20-16(14-9-11-15(19)12-10-14)13-22-24(7,8)18(4,5)6/h9-12H,13H2,1-8H3/b20-16+/t23-/m0/s1. The van der Waals surface area contributed by atoms with Crippen LogP contribution in [0.3, 0.4) is 0 Å². The molecule has 0 unspecified atom stereocenters. The Kier molecular flexibility index (Phi) is 7.33. The highest BCUT2D eigenvalue weighted by Gasteiger charge is 2.37. The third-order valence-corrected chi connectivity index (χ3v) is 10.7. The molecule has 24 heavy (non-hydrogen) atoms. The molecule has 6 heteroatoms. The van der Waals surface area contributed by atoms with Crippen LogP contribution in [-0.2, 0) is 15.8 Å². The van der Waals surface area contributed by atoms with Crippen molar-refractivity contribution >= 4 is 41.3 Å². The second-order valence-corrected chi connectivity index (χ2v) is 16.1. The van der Waals surface area contributed by atoms with Crippen LogP contribution in [0.5, 0.6) is 0 Å². The van der Waals surface area contributed by atoms with Gasteiger partial charge in [-0.3, -0.25) is 0 Å². The topological polar surface area (TPSA) is 44.7 Å². The van der Waals surface area contributed by atoms with Gasteiger partial charge in [-0.15, -0.1) is 0 Å². The molecule has 0 aliphatic carbocycles. The molecule has 0 amide bonds. The van der Waals surface area contributed by atoms with E-state index in [-0.39, 0.29) is 5.04 Å². The van der Waals surface area contributed by atoms with E-state index in [1.165, 1.54) is 0 Å². The van der Waals surface area contributed by atoms with Crippen LogP contribution in [0.1, 0.15) is 47.1 Å². The highest BCUT2D eigenvalue weighted by Crippen LogP contribution is 2.36. The summed E-state index contributed by atoms with van der Waals surface area (Å²) in [4.78, 5) is 0. The minimum Gasteiger partial charge on any atom is -0.591 e. The van der Waals surface area contributed by atoms with E-state index in [4.69, 9.17) is 4.43 Å². The van der Waals surface area contributed by atoms with Gasteiger partial charge in [0.25, 0.3) is 0 Å². The molecular formula is C18H30BrNO2SSi. The molecule has 0 spiro atoms. The Balaban J connectivity index is 3.11. The monoisotopic (exact) mass is 431 g/mol. The summed E-state index contributed by atoms with van der Waals surface area (Å²) in [6.45, 7) is 17.2. The lowest BCUT2D eigenvalue weighted by Gasteiger charge is -2.36. The molecule has 1 aromatic rings. The van der Waals surface area contributed by atoms with E-state index >= 15 is 0 Å². The van der Waals surface area contributed by atoms with Crippen molar-refractivity contribution in [3.8, 4) is 0 Å². The summed E-state index contributed by atoms with van der Waals surface area (Å²) in [5.74, 6) is 0. The molecule has 1 rings (SSSR count). The molecule has 0 aliphatic rings. The Hall–Kier alpha value is -0.143. The van der Waals surface area contributed by atoms with Gasteiger partial charge < -0.3 is 8.98 Å². The fourth-order valence-electron chi connectivity index (χ4n) is 1.51. The Morgan fingerprint density at radius 2 is 1.62 bits per heavy atom. The normalized spacial score (nSPS) is 15.5. The molecular weight excluding hydrogens is 402 g/mol. The average Bonchev–Trinajstić information content (AvgIpc) is 2.42. The second kappa shape index (κ2) is 8.04. The van der Waals surface area contributed by atoms with Crippen LogP contribution in [-0.4, -0.2) is 29.9 Å². The fraction of sp³-hybridized carbons (Fsp3) is 0.611. The Labute approximate surface area is 159 Å². The van der Waals surface area contributed by atoms with Crippen molar-refractivity contribution in [3.05, 3.63) is 34.3 Å². The van der Waals surface area contributed by atoms with Crippen LogP contribution in [0.2, 0.25) is 18.1 Å². The van der Waals surface area contributed by atoms with Crippen molar-refractivity contribution in [2.45, 2.75) is 64.4 Å². The summed E-state index contributed by atoms with van der Waals surface area (Å²) < 4.78 is 23.9. The molecule has 0 saturated carbocycles. The van der Waals surface area contributed by atoms with Gasteiger partial charge in [0.15, 0.2) is 8.32 Å². The lowest BCUT2D eigenvalue weighted by molar-refractivity contribution is 0.340. The summed E-state index contributed by atoms with van der Waals surface area (Å²) in [5, 5.41) is 0.126. The maximum Gasteiger partial charge on any atom is 0.192 e. The summed E-state index contributed by atoms with van der Waals surface area (Å²) in [7, 11) is -1.90. The number of hydrogen-bond donors (Lipinski definition) is 0. The first-order valence-corrected chi connectivity index (χ1v) is 12.9. The molecule has 0 saturated heterocycles. The van der Waals surface area contributed by atoms with E-state index in [9.17, 15) is 4.55 Å². The minimum absolute atomic E-state index is 0.126. The van der Waals surface area contributed by atoms with Crippen molar-refractivity contribution in [1.82, 2.24) is 0 Å². The molecule has 0 aliphatic heterocycles. The number of nitrogens with zero attached hydrogens (tertiary/aromatic N) is 1. The van der Waals surface area contributed by atoms with Gasteiger partial charge in [0.1, 0.15) is 21.8 Å². The Morgan fingerprint density at radius 3 is 2.04 bits per heavy atom. The van der Waals surface area contributed by atoms with E-state index in [2.05, 4.69) is 54.2 Å². The van der Waals surface area contributed by atoms with E-state index < -0.39 is 24.4 Å². The predicted molar refractivity (Wildman–Crippen MR) is 112 cm³/mol. The van der Waals surface area contributed by atoms with Gasteiger partial charge in [-0.1, -0.05) is 53.2 Å². The van der Waals surface area contributed by atoms with Crippen molar-refractivity contribution in [2.75, 3.05) is 6.61 Å². The van der Waals surface area contributed by atoms with E-state index in [0.717, 1.165) is 15.7 Å². The van der Waals surface area contributed by atoms with E-state index in [1.807, 2.05) is 45.0 Å². The lowest BCUT2D eigenvalue weighted by Crippen LogP contribution is -2.42. The lowest BCUT2D eigenvalue weighted by atomic mass is 10.1. The smallest absolute Gasteiger partial charge is 0.192 e. The van der Waals surface area contributed by atoms with Gasteiger partial charge in [-0.05, 0) is 51.0 Å². The van der Waals surface area contributed by atoms with Gasteiger partial charge in [0.2, 0.25) is 0 Å². The first kappa shape index (κ1) is 21.9. The van der Waals surface area contributed by atoms with Gasteiger partial charge in [-0.25, -0.2) is 0 Å². The van der Waals surface area contributed by atoms with Crippen LogP contribution >= 0.6 is 15.9 Å². The third-order valence-electron chi connectivity index (χ3n) is 4.27. The first-order valence-electron chi connectivity index (χ1n) is 8.13. The SMILES string of the molecule is CC(C)(C)[S@+]([O-])/N=C(\CO[Si](C)(C)C(C)(C)C)c1ccc(Br)cc1. The summed E-state index contributed by atoms with van der Waals surface area (Å²) in [6, 6.07) is 7.91.